The molecule has 6 rings (SSSR count). The number of hydrogen-bond acceptors (Lipinski definition) is 20. The lowest BCUT2D eigenvalue weighted by atomic mass is 9.44. The molecular formula is C61H83N3O20. The molecule has 4 N–H and O–H groups in total. The van der Waals surface area contributed by atoms with E-state index in [1.165, 1.54) is 40.4 Å². The van der Waals surface area contributed by atoms with Crippen LogP contribution in [0.3, 0.4) is 0 Å². The zero-order chi connectivity index (χ0) is 62.1. The SMILES string of the molecule is COCC(=O)NCCCCC(NC(=O)COCC(=O)OC(C(=O)O[C@H]1C[C@@]2(O)C(OC(=O)c3ccccc3)C3[C@]4(OC(C)=O)COC4C[C@H](OC)[C@@]3(C)C(=O)[C@H](OC)C(=C1C)C2(C)C)[C@@H](NC(=O)OC(C)(C)C)c1ccccc1)C(=O)C(C)C. The summed E-state index contributed by atoms with van der Waals surface area (Å²) in [4.78, 5) is 125. The number of alkyl carbamates (subject to hydrolysis) is 1. The highest BCUT2D eigenvalue weighted by molar-refractivity contribution is 5.95. The number of rotatable bonds is 25. The van der Waals surface area contributed by atoms with Crippen LogP contribution in [0.25, 0.3) is 0 Å². The molecule has 2 saturated carbocycles. The van der Waals surface area contributed by atoms with Crippen LogP contribution in [0.2, 0.25) is 0 Å². The number of carbonyl (C=O) groups is 9. The highest BCUT2D eigenvalue weighted by atomic mass is 16.6. The number of fused-ring (bicyclic) bond motifs is 5. The lowest BCUT2D eigenvalue weighted by Gasteiger charge is -2.67. The van der Waals surface area contributed by atoms with Gasteiger partial charge in [0, 0.05) is 59.0 Å². The van der Waals surface area contributed by atoms with Crippen molar-refractivity contribution in [3.63, 3.8) is 0 Å². The molecule has 23 heteroatoms. The Hall–Kier alpha value is -6.63. The monoisotopic (exact) mass is 1180 g/mol. The van der Waals surface area contributed by atoms with Crippen molar-refractivity contribution in [2.24, 2.45) is 22.7 Å². The van der Waals surface area contributed by atoms with Crippen LogP contribution >= 0.6 is 0 Å². The van der Waals surface area contributed by atoms with Gasteiger partial charge < -0.3 is 68.4 Å². The Kier molecular flexibility index (Phi) is 21.9. The maximum atomic E-state index is 15.9. The first-order valence-electron chi connectivity index (χ1n) is 28.2. The second kappa shape index (κ2) is 27.6. The number of hydrogen-bond donors (Lipinski definition) is 4. The molecule has 0 aromatic heterocycles. The van der Waals surface area contributed by atoms with Gasteiger partial charge in [0.15, 0.2) is 17.2 Å². The minimum absolute atomic E-state index is 0.0524. The van der Waals surface area contributed by atoms with Crippen molar-refractivity contribution >= 4 is 53.4 Å². The van der Waals surface area contributed by atoms with Crippen molar-refractivity contribution in [3.05, 3.63) is 82.9 Å². The van der Waals surface area contributed by atoms with Crippen LogP contribution in [0.4, 0.5) is 4.79 Å². The molecule has 0 radical (unpaired) electrons. The number of unbranched alkanes of at least 4 members (excludes halogenated alkanes) is 1. The first kappa shape index (κ1) is 66.5. The molecule has 4 aliphatic rings. The van der Waals surface area contributed by atoms with Crippen molar-refractivity contribution in [1.29, 1.82) is 0 Å². The number of esters is 4. The van der Waals surface area contributed by atoms with Gasteiger partial charge in [0.25, 0.3) is 0 Å². The van der Waals surface area contributed by atoms with Crippen LogP contribution in [0.1, 0.15) is 123 Å². The van der Waals surface area contributed by atoms with Crippen LogP contribution in [0.15, 0.2) is 71.8 Å². The third-order valence-corrected chi connectivity index (χ3v) is 16.5. The summed E-state index contributed by atoms with van der Waals surface area (Å²) in [5.41, 5.74) is -7.80. The van der Waals surface area contributed by atoms with Gasteiger partial charge in [-0.15, -0.1) is 0 Å². The number of Topliss-reactive ketones (excluding diaryl/α,β-unsaturated/α-hetero) is 2. The van der Waals surface area contributed by atoms with Crippen molar-refractivity contribution < 1.29 is 95.6 Å². The minimum Gasteiger partial charge on any atom is -0.455 e. The van der Waals surface area contributed by atoms with Crippen molar-refractivity contribution in [1.82, 2.24) is 16.0 Å². The van der Waals surface area contributed by atoms with Crippen LogP contribution in [-0.4, -0.2) is 172 Å². The molecule has 1 saturated heterocycles. The zero-order valence-electron chi connectivity index (χ0n) is 50.3. The van der Waals surface area contributed by atoms with Gasteiger partial charge in [-0.25, -0.2) is 19.2 Å². The summed E-state index contributed by atoms with van der Waals surface area (Å²) in [5.74, 6) is -7.91. The fraction of sp³-hybridized carbons (Fsp3) is 0.623. The number of nitrogens with one attached hydrogen (secondary N) is 3. The van der Waals surface area contributed by atoms with Crippen LogP contribution in [0.5, 0.6) is 0 Å². The predicted octanol–water partition coefficient (Wildman–Crippen LogP) is 4.78. The Bertz CT molecular complexity index is 2760. The normalized spacial score (nSPS) is 27.1. The average Bonchev–Trinajstić information content (AvgIpc) is 1.50. The smallest absolute Gasteiger partial charge is 0.408 e. The molecule has 12 atom stereocenters. The fourth-order valence-electron chi connectivity index (χ4n) is 12.4. The fourth-order valence-corrected chi connectivity index (χ4v) is 12.4. The Morgan fingerprint density at radius 1 is 0.833 bits per heavy atom. The number of aliphatic hydroxyl groups is 1. The Morgan fingerprint density at radius 3 is 2.06 bits per heavy atom. The van der Waals surface area contributed by atoms with Crippen LogP contribution < -0.4 is 16.0 Å². The largest absolute Gasteiger partial charge is 0.455 e. The molecule has 1 heterocycles. The second-order valence-electron chi connectivity index (χ2n) is 23.9. The third-order valence-electron chi connectivity index (χ3n) is 16.5. The van der Waals surface area contributed by atoms with Crippen molar-refractivity contribution in [3.8, 4) is 0 Å². The number of ether oxygens (including phenoxy) is 10. The molecule has 2 aromatic rings. The zero-order valence-corrected chi connectivity index (χ0v) is 50.3. The Labute approximate surface area is 490 Å². The van der Waals surface area contributed by atoms with E-state index in [0.717, 1.165) is 0 Å². The molecule has 0 spiro atoms. The molecule has 3 amide bonds. The van der Waals surface area contributed by atoms with Crippen molar-refractivity contribution in [2.45, 2.75) is 167 Å². The molecular weight excluding hydrogens is 1090 g/mol. The average molecular weight is 1180 g/mol. The van der Waals surface area contributed by atoms with Crippen LogP contribution in [-0.2, 0) is 80.9 Å². The lowest BCUT2D eigenvalue weighted by molar-refractivity contribution is -0.347. The molecule has 23 nitrogen and oxygen atoms in total. The van der Waals surface area contributed by atoms with Gasteiger partial charge in [0.1, 0.15) is 61.5 Å². The van der Waals surface area contributed by atoms with E-state index in [9.17, 15) is 38.7 Å². The Balaban J connectivity index is 1.39. The summed E-state index contributed by atoms with van der Waals surface area (Å²) in [6, 6.07) is 13.4. The van der Waals surface area contributed by atoms with E-state index in [-0.39, 0.29) is 60.0 Å². The highest BCUT2D eigenvalue weighted by Gasteiger charge is 2.78. The van der Waals surface area contributed by atoms with Gasteiger partial charge in [0.2, 0.25) is 17.9 Å². The number of methoxy groups -OCH3 is 3. The van der Waals surface area contributed by atoms with E-state index in [1.807, 2.05) is 0 Å². The van der Waals surface area contributed by atoms with Gasteiger partial charge in [-0.3, -0.25) is 24.0 Å². The van der Waals surface area contributed by atoms with Gasteiger partial charge in [-0.05, 0) is 82.7 Å². The molecule has 5 unspecified atom stereocenters. The number of carbonyl (C=O) groups excluding carboxylic acids is 9. The van der Waals surface area contributed by atoms with E-state index < -0.39 is 149 Å². The van der Waals surface area contributed by atoms with E-state index in [2.05, 4.69) is 16.0 Å². The van der Waals surface area contributed by atoms with Gasteiger partial charge in [-0.2, -0.15) is 0 Å². The predicted molar refractivity (Wildman–Crippen MR) is 298 cm³/mol. The molecule has 3 fully saturated rings. The lowest BCUT2D eigenvalue weighted by Crippen LogP contribution is -2.82. The summed E-state index contributed by atoms with van der Waals surface area (Å²) in [7, 11) is 4.11. The molecule has 2 aromatic carbocycles. The maximum Gasteiger partial charge on any atom is 0.408 e. The van der Waals surface area contributed by atoms with Gasteiger partial charge in [0.05, 0.1) is 35.6 Å². The number of amides is 3. The van der Waals surface area contributed by atoms with Gasteiger partial charge >= 0.3 is 30.0 Å². The van der Waals surface area contributed by atoms with E-state index in [1.54, 1.807) is 111 Å². The maximum absolute atomic E-state index is 15.9. The first-order valence-corrected chi connectivity index (χ1v) is 28.2. The Morgan fingerprint density at radius 2 is 1.49 bits per heavy atom. The number of benzene rings is 2. The number of ketones is 2. The summed E-state index contributed by atoms with van der Waals surface area (Å²) in [5, 5.41) is 22.1. The van der Waals surface area contributed by atoms with E-state index in [4.69, 9.17) is 47.4 Å². The highest BCUT2D eigenvalue weighted by Crippen LogP contribution is 2.65. The second-order valence-corrected chi connectivity index (χ2v) is 23.9. The third kappa shape index (κ3) is 14.4. The molecule has 84 heavy (non-hydrogen) atoms. The summed E-state index contributed by atoms with van der Waals surface area (Å²) < 4.78 is 59.5. The molecule has 1 aliphatic heterocycles. The molecule has 462 valence electrons. The van der Waals surface area contributed by atoms with Gasteiger partial charge in [-0.1, -0.05) is 76.2 Å². The van der Waals surface area contributed by atoms with Crippen molar-refractivity contribution in [2.75, 3.05) is 54.3 Å². The molecule has 3 aliphatic carbocycles. The van der Waals surface area contributed by atoms with E-state index >= 15 is 9.59 Å². The summed E-state index contributed by atoms with van der Waals surface area (Å²) >= 11 is 0. The minimum atomic E-state index is -2.38. The quantitative estimate of drug-likeness (QED) is 0.0450. The summed E-state index contributed by atoms with van der Waals surface area (Å²) in [6.45, 7) is 14.2. The topological polar surface area (TPSA) is 302 Å². The molecule has 2 bridgehead atoms. The first-order chi connectivity index (χ1) is 39.5. The van der Waals surface area contributed by atoms with E-state index in [0.29, 0.717) is 19.4 Å². The summed E-state index contributed by atoms with van der Waals surface area (Å²) in [6.07, 6.45) is -9.15. The standard InChI is InChI=1S/C61H83N3O20/c1-34(2)48(69)39(26-20-21-27-62-43(66)30-75-11)63-44(67)31-78-32-45(68)81-50(47(37-22-16-14-17-23-37)64-56(73)84-57(5,6)7)55(72)80-40-29-61(74)53(82-54(71)38-24-18-15-19-25-38)51-59(10,52(70)49(77-13)46(35(40)3)58(61,8)9)41(76-12)28-42-60(51,33-79-42)83-36(4)65/h14-19,22-25,34,39-42,47,49-51,53,74H,20-21,26-33H2,1-13H3,(H,62,66)(H,63,67)(H,64,73)/t39?,40-,41-,42?,47-,49+,50?,51?,53?,59+,60-,61+/m0/s1. The van der Waals surface area contributed by atoms with Crippen LogP contribution in [0, 0.1) is 22.7 Å².